The van der Waals surface area contributed by atoms with E-state index in [0.29, 0.717) is 11.5 Å². The number of benzene rings is 2. The monoisotopic (exact) mass is 387 g/mol. The zero-order chi connectivity index (χ0) is 20.4. The second kappa shape index (κ2) is 7.67. The number of amides is 1. The third-order valence-corrected chi connectivity index (χ3v) is 4.60. The summed E-state index contributed by atoms with van der Waals surface area (Å²) in [5.74, 6) is 0.249. The fourth-order valence-corrected chi connectivity index (χ4v) is 3.08. The summed E-state index contributed by atoms with van der Waals surface area (Å²) in [4.78, 5) is 13.8. The van der Waals surface area contributed by atoms with Gasteiger partial charge < -0.3 is 5.32 Å². The van der Waals surface area contributed by atoms with Gasteiger partial charge in [0.25, 0.3) is 0 Å². The molecule has 0 radical (unpaired) electrons. The molecule has 0 bridgehead atoms. The van der Waals surface area contributed by atoms with Gasteiger partial charge in [0.05, 0.1) is 22.8 Å². The van der Waals surface area contributed by atoms with Crippen molar-refractivity contribution in [3.05, 3.63) is 71.5 Å². The smallest absolute Gasteiger partial charge is 0.248 e. The number of nitrogens with zero attached hydrogens (tertiary/aromatic N) is 6. The van der Waals surface area contributed by atoms with Crippen LogP contribution in [0.2, 0.25) is 0 Å². The van der Waals surface area contributed by atoms with Gasteiger partial charge in [0.2, 0.25) is 11.7 Å². The van der Waals surface area contributed by atoms with E-state index in [2.05, 4.69) is 25.8 Å². The van der Waals surface area contributed by atoms with E-state index in [1.54, 1.807) is 0 Å². The van der Waals surface area contributed by atoms with Crippen LogP contribution < -0.4 is 5.32 Å². The lowest BCUT2D eigenvalue weighted by Crippen LogP contribution is -2.21. The number of anilines is 1. The number of aromatic nitrogens is 6. The van der Waals surface area contributed by atoms with E-state index >= 15 is 0 Å². The number of aryl methyl sites for hydroxylation is 2. The molecule has 146 valence electrons. The second-order valence-corrected chi connectivity index (χ2v) is 6.85. The number of carbonyl (C=O) groups is 1. The Morgan fingerprint density at radius 2 is 1.69 bits per heavy atom. The predicted octanol–water partition coefficient (Wildman–Crippen LogP) is 3.09. The molecule has 1 amide bonds. The zero-order valence-corrected chi connectivity index (χ0v) is 16.5. The summed E-state index contributed by atoms with van der Waals surface area (Å²) in [6.45, 7) is 5.77. The van der Waals surface area contributed by atoms with Crippen molar-refractivity contribution in [2.24, 2.45) is 0 Å². The minimum absolute atomic E-state index is 0.0335. The van der Waals surface area contributed by atoms with Crippen LogP contribution in [-0.4, -0.2) is 35.9 Å². The van der Waals surface area contributed by atoms with Gasteiger partial charge in [-0.05, 0) is 38.1 Å². The number of nitrogens with one attached hydrogen (secondary N) is 1. The molecule has 29 heavy (non-hydrogen) atoms. The Morgan fingerprint density at radius 3 is 2.41 bits per heavy atom. The standard InChI is InChI=1S/C21H21N7O/c1-14-9-11-17(12-10-14)21-23-26-27(25-21)13-19(29)22-20-15(2)24-28(16(20)3)18-7-5-4-6-8-18/h4-12H,13H2,1-3H3,(H,22,29). The molecule has 0 spiro atoms. The average Bonchev–Trinajstić information content (AvgIpc) is 3.29. The van der Waals surface area contributed by atoms with Crippen LogP contribution in [0.15, 0.2) is 54.6 Å². The molecule has 0 aliphatic heterocycles. The van der Waals surface area contributed by atoms with E-state index in [9.17, 15) is 4.79 Å². The third kappa shape index (κ3) is 3.91. The van der Waals surface area contributed by atoms with Crippen molar-refractivity contribution in [1.82, 2.24) is 30.0 Å². The van der Waals surface area contributed by atoms with Crippen LogP contribution in [0.5, 0.6) is 0 Å². The molecular formula is C21H21N7O. The number of hydrogen-bond donors (Lipinski definition) is 1. The summed E-state index contributed by atoms with van der Waals surface area (Å²) >= 11 is 0. The molecule has 2 aromatic carbocycles. The highest BCUT2D eigenvalue weighted by Crippen LogP contribution is 2.22. The van der Waals surface area contributed by atoms with Gasteiger partial charge >= 0.3 is 0 Å². The topological polar surface area (TPSA) is 90.5 Å². The maximum Gasteiger partial charge on any atom is 0.248 e. The molecule has 0 atom stereocenters. The van der Waals surface area contributed by atoms with Crippen molar-refractivity contribution in [1.29, 1.82) is 0 Å². The van der Waals surface area contributed by atoms with E-state index in [4.69, 9.17) is 0 Å². The highest BCUT2D eigenvalue weighted by Gasteiger charge is 2.16. The van der Waals surface area contributed by atoms with Gasteiger partial charge in [-0.15, -0.1) is 10.2 Å². The lowest BCUT2D eigenvalue weighted by Gasteiger charge is -2.06. The first-order valence-corrected chi connectivity index (χ1v) is 9.27. The minimum Gasteiger partial charge on any atom is -0.321 e. The molecule has 0 unspecified atom stereocenters. The number of hydrogen-bond acceptors (Lipinski definition) is 5. The Labute approximate surface area is 168 Å². The highest BCUT2D eigenvalue weighted by atomic mass is 16.2. The number of para-hydroxylation sites is 1. The van der Waals surface area contributed by atoms with Crippen LogP contribution >= 0.6 is 0 Å². The molecular weight excluding hydrogens is 366 g/mol. The molecule has 0 aliphatic rings. The number of carbonyl (C=O) groups excluding carboxylic acids is 1. The summed E-state index contributed by atoms with van der Waals surface area (Å²) < 4.78 is 1.81. The van der Waals surface area contributed by atoms with Crippen molar-refractivity contribution in [2.45, 2.75) is 27.3 Å². The normalized spacial score (nSPS) is 10.9. The molecule has 0 saturated heterocycles. The second-order valence-electron chi connectivity index (χ2n) is 6.85. The summed E-state index contributed by atoms with van der Waals surface area (Å²) in [6, 6.07) is 17.6. The van der Waals surface area contributed by atoms with Crippen molar-refractivity contribution in [3.8, 4) is 17.1 Å². The Bertz CT molecular complexity index is 1140. The summed E-state index contributed by atoms with van der Waals surface area (Å²) in [5, 5.41) is 19.8. The van der Waals surface area contributed by atoms with Gasteiger partial charge in [0.1, 0.15) is 6.54 Å². The van der Waals surface area contributed by atoms with Gasteiger partial charge in [-0.1, -0.05) is 48.0 Å². The third-order valence-electron chi connectivity index (χ3n) is 4.60. The Morgan fingerprint density at radius 1 is 0.966 bits per heavy atom. The fraction of sp³-hybridized carbons (Fsp3) is 0.190. The van der Waals surface area contributed by atoms with E-state index in [0.717, 1.165) is 28.2 Å². The first kappa shape index (κ1) is 18.5. The highest BCUT2D eigenvalue weighted by molar-refractivity contribution is 5.91. The van der Waals surface area contributed by atoms with Gasteiger partial charge in [-0.3, -0.25) is 4.79 Å². The fourth-order valence-electron chi connectivity index (χ4n) is 3.08. The molecule has 8 nitrogen and oxygen atoms in total. The van der Waals surface area contributed by atoms with E-state index in [1.807, 2.05) is 80.1 Å². The number of tetrazole rings is 1. The first-order chi connectivity index (χ1) is 14.0. The van der Waals surface area contributed by atoms with Crippen molar-refractivity contribution in [3.63, 3.8) is 0 Å². The molecule has 2 heterocycles. The van der Waals surface area contributed by atoms with Crippen LogP contribution in [0.3, 0.4) is 0 Å². The molecule has 4 rings (SSSR count). The van der Waals surface area contributed by atoms with Crippen molar-refractivity contribution >= 4 is 11.6 Å². The van der Waals surface area contributed by atoms with Crippen LogP contribution in [0, 0.1) is 20.8 Å². The molecule has 0 aliphatic carbocycles. The Kier molecular flexibility index (Phi) is 4.90. The molecule has 2 aromatic heterocycles. The lowest BCUT2D eigenvalue weighted by atomic mass is 10.1. The molecule has 0 fully saturated rings. The largest absolute Gasteiger partial charge is 0.321 e. The maximum atomic E-state index is 12.5. The van der Waals surface area contributed by atoms with Crippen molar-refractivity contribution < 1.29 is 4.79 Å². The summed E-state index contributed by atoms with van der Waals surface area (Å²) in [6.07, 6.45) is 0. The van der Waals surface area contributed by atoms with Gasteiger partial charge in [0, 0.05) is 5.56 Å². The first-order valence-electron chi connectivity index (χ1n) is 9.27. The molecule has 1 N–H and O–H groups in total. The zero-order valence-electron chi connectivity index (χ0n) is 16.5. The number of rotatable bonds is 5. The van der Waals surface area contributed by atoms with Crippen LogP contribution in [0.4, 0.5) is 5.69 Å². The van der Waals surface area contributed by atoms with E-state index < -0.39 is 0 Å². The van der Waals surface area contributed by atoms with E-state index in [1.165, 1.54) is 4.80 Å². The lowest BCUT2D eigenvalue weighted by molar-refractivity contribution is -0.117. The van der Waals surface area contributed by atoms with Crippen molar-refractivity contribution in [2.75, 3.05) is 5.32 Å². The van der Waals surface area contributed by atoms with E-state index in [-0.39, 0.29) is 12.5 Å². The van der Waals surface area contributed by atoms with Crippen LogP contribution in [-0.2, 0) is 11.3 Å². The van der Waals surface area contributed by atoms with Crippen LogP contribution in [0.1, 0.15) is 17.0 Å². The Balaban J connectivity index is 1.48. The van der Waals surface area contributed by atoms with Crippen LogP contribution in [0.25, 0.3) is 17.1 Å². The average molecular weight is 387 g/mol. The minimum atomic E-state index is -0.239. The Hall–Kier alpha value is -3.81. The quantitative estimate of drug-likeness (QED) is 0.568. The molecule has 4 aromatic rings. The predicted molar refractivity (Wildman–Crippen MR) is 110 cm³/mol. The SMILES string of the molecule is Cc1ccc(-c2nnn(CC(=O)Nc3c(C)nn(-c4ccccc4)c3C)n2)cc1. The van der Waals surface area contributed by atoms with Gasteiger partial charge in [0.15, 0.2) is 0 Å². The van der Waals surface area contributed by atoms with Gasteiger partial charge in [-0.2, -0.15) is 9.90 Å². The molecule has 8 heteroatoms. The molecule has 0 saturated carbocycles. The summed E-state index contributed by atoms with van der Waals surface area (Å²) in [5.41, 5.74) is 5.24. The van der Waals surface area contributed by atoms with Gasteiger partial charge in [-0.25, -0.2) is 4.68 Å². The maximum absolute atomic E-state index is 12.5. The summed E-state index contributed by atoms with van der Waals surface area (Å²) in [7, 11) is 0.